The van der Waals surface area contributed by atoms with Crippen molar-refractivity contribution >= 4 is 126 Å². The van der Waals surface area contributed by atoms with Gasteiger partial charge in [0.15, 0.2) is 0 Å². The van der Waals surface area contributed by atoms with Crippen molar-refractivity contribution in [1.82, 2.24) is 39.1 Å². The molecule has 5 N–H and O–H groups in total. The number of pyridine rings is 2. The number of rotatable bonds is 12. The highest BCUT2D eigenvalue weighted by atomic mass is 35.5. The zero-order valence-electron chi connectivity index (χ0n) is 39.2. The van der Waals surface area contributed by atoms with E-state index in [0.717, 1.165) is 10.8 Å². The normalized spacial score (nSPS) is 10.4. The van der Waals surface area contributed by atoms with Crippen LogP contribution in [0.3, 0.4) is 0 Å². The fourth-order valence-corrected chi connectivity index (χ4v) is 7.33. The van der Waals surface area contributed by atoms with Crippen molar-refractivity contribution in [2.75, 3.05) is 77.4 Å². The van der Waals surface area contributed by atoms with Crippen LogP contribution in [0.15, 0.2) is 131 Å². The van der Waals surface area contributed by atoms with Crippen LogP contribution < -0.4 is 26.8 Å². The van der Waals surface area contributed by atoms with E-state index in [1.165, 1.54) is 31.3 Å². The minimum atomic E-state index is -0.553. The van der Waals surface area contributed by atoms with Crippen molar-refractivity contribution in [2.45, 2.75) is 14.9 Å². The summed E-state index contributed by atoms with van der Waals surface area (Å²) < 4.78 is 2.89. The Balaban J connectivity index is 0.000000352. The molecule has 21 heteroatoms. The number of carbonyl (C=O) groups excluding carboxylic acids is 6. The summed E-state index contributed by atoms with van der Waals surface area (Å²) in [6.45, 7) is 0.174. The second-order valence-electron chi connectivity index (χ2n) is 16.1. The summed E-state index contributed by atoms with van der Waals surface area (Å²) in [5, 5.41) is 10.9. The van der Waals surface area contributed by atoms with Crippen molar-refractivity contribution in [1.29, 1.82) is 0 Å². The van der Waals surface area contributed by atoms with E-state index >= 15 is 0 Å². The molecule has 0 radical (unpaired) electrons. The summed E-state index contributed by atoms with van der Waals surface area (Å²) in [5.74, 6) is -2.03. The third-order valence-electron chi connectivity index (χ3n) is 10.9. The van der Waals surface area contributed by atoms with Crippen LogP contribution in [-0.2, 0) is 9.59 Å². The van der Waals surface area contributed by atoms with Gasteiger partial charge in [-0.1, -0.05) is 51.3 Å². The summed E-state index contributed by atoms with van der Waals surface area (Å²) in [4.78, 5) is 111. The van der Waals surface area contributed by atoms with E-state index in [1.54, 1.807) is 150 Å². The lowest BCUT2D eigenvalue weighted by Crippen LogP contribution is -2.39. The highest BCUT2D eigenvalue weighted by Gasteiger charge is 2.20. The minimum absolute atomic E-state index is 0. The first-order valence-electron chi connectivity index (χ1n) is 21.6. The molecule has 0 aliphatic heterocycles. The number of H-pyrrole nitrogens is 2. The molecule has 0 fully saturated rings. The molecule has 0 saturated carbocycles. The van der Waals surface area contributed by atoms with Gasteiger partial charge in [0.05, 0.1) is 29.5 Å². The third kappa shape index (κ3) is 14.5. The molecule has 0 saturated heterocycles. The molecule has 73 heavy (non-hydrogen) atoms. The SMILES string of the molecule is C.C.CN(C)CC(=O)N(C)CC(=O)n1ccc2ccc(NC(=O)c3c[nH]c4ccccc4c3=O)cc21.CNCC(=O)N(C)CC(=O)n1ccc2ccc(NC(=O)c3c[nH]c4ccccc4c3=O)cc21.Cl.ClCCl. The Hall–Kier alpha value is -7.61. The Labute approximate surface area is 437 Å². The van der Waals surface area contributed by atoms with Crippen molar-refractivity contribution in [2.24, 2.45) is 0 Å². The van der Waals surface area contributed by atoms with Crippen molar-refractivity contribution in [3.63, 3.8) is 0 Å². The molecule has 4 aromatic heterocycles. The molecular formula is C52H59Cl3N10O8. The van der Waals surface area contributed by atoms with Gasteiger partial charge in [-0.25, -0.2) is 0 Å². The van der Waals surface area contributed by atoms with E-state index in [0.29, 0.717) is 44.2 Å². The van der Waals surface area contributed by atoms with Crippen LogP contribution in [0.2, 0.25) is 0 Å². The van der Waals surface area contributed by atoms with Gasteiger partial charge >= 0.3 is 0 Å². The average Bonchev–Trinajstić information content (AvgIpc) is 3.96. The molecule has 4 amide bonds. The van der Waals surface area contributed by atoms with E-state index in [1.807, 2.05) is 0 Å². The quantitative estimate of drug-likeness (QED) is 0.0755. The van der Waals surface area contributed by atoms with E-state index in [4.69, 9.17) is 23.2 Å². The number of aromatic nitrogens is 4. The lowest BCUT2D eigenvalue weighted by molar-refractivity contribution is -0.130. The first-order chi connectivity index (χ1) is 33.5. The molecule has 0 atom stereocenters. The maximum atomic E-state index is 12.9. The molecule has 0 aliphatic carbocycles. The first-order valence-corrected chi connectivity index (χ1v) is 22.6. The van der Waals surface area contributed by atoms with E-state index in [2.05, 4.69) is 25.9 Å². The fraction of sp³-hybridized carbons (Fsp3) is 0.231. The summed E-state index contributed by atoms with van der Waals surface area (Å²) in [6, 6.07) is 27.8. The zero-order chi connectivity index (χ0) is 50.6. The number of aromatic amines is 2. The number of alkyl halides is 2. The summed E-state index contributed by atoms with van der Waals surface area (Å²) in [6.07, 6.45) is 6.05. The lowest BCUT2D eigenvalue weighted by Gasteiger charge is -2.19. The second-order valence-corrected chi connectivity index (χ2v) is 16.9. The van der Waals surface area contributed by atoms with E-state index < -0.39 is 11.8 Å². The fourth-order valence-electron chi connectivity index (χ4n) is 7.33. The van der Waals surface area contributed by atoms with Gasteiger partial charge in [-0.3, -0.25) is 47.5 Å². The van der Waals surface area contributed by atoms with E-state index in [-0.39, 0.29) is 104 Å². The van der Waals surface area contributed by atoms with Gasteiger partial charge < -0.3 is 40.6 Å². The number of hydrogen-bond donors (Lipinski definition) is 5. The number of fused-ring (bicyclic) bond motifs is 4. The number of anilines is 2. The Morgan fingerprint density at radius 3 is 1.37 bits per heavy atom. The molecule has 0 unspecified atom stereocenters. The van der Waals surface area contributed by atoms with Crippen LogP contribution in [0.25, 0.3) is 43.6 Å². The van der Waals surface area contributed by atoms with Gasteiger partial charge in [0.25, 0.3) is 23.6 Å². The number of carbonyl (C=O) groups is 6. The number of hydrogen-bond acceptors (Lipinski definition) is 10. The highest BCUT2D eigenvalue weighted by molar-refractivity contribution is 6.40. The van der Waals surface area contributed by atoms with Crippen molar-refractivity contribution in [3.05, 3.63) is 153 Å². The molecule has 8 rings (SSSR count). The predicted molar refractivity (Wildman–Crippen MR) is 295 cm³/mol. The molecular weight excluding hydrogens is 999 g/mol. The number of halogens is 3. The standard InChI is InChI=1S/C25H25N5O4.C24H23N5O4.CH2Cl2.2CH4.ClH/c1-28(2)14-22(31)29(3)15-23(32)30-11-10-16-8-9-17(12-21(16)30)27-25(34)19-13-26-20-7-5-4-6-18(20)24(19)33;1-25-13-21(30)28(2)14-22(31)29-10-9-15-7-8-16(11-20(15)29)27-24(33)18-12-26-19-6-4-3-5-17(19)23(18)32;2-1-3;;;/h4-13H,14-15H2,1-3H3,(H,26,33)(H,27,34);3-12,25H,13-14H2,1-2H3,(H,26,32)(H,27,33);1H2;2*1H4;1H. The largest absolute Gasteiger partial charge is 0.360 e. The van der Waals surface area contributed by atoms with Gasteiger partial charge in [0, 0.05) is 82.8 Å². The van der Waals surface area contributed by atoms with Gasteiger partial charge in [-0.2, -0.15) is 0 Å². The van der Waals surface area contributed by atoms with Gasteiger partial charge in [-0.15, -0.1) is 35.6 Å². The number of benzene rings is 4. The zero-order valence-corrected chi connectivity index (χ0v) is 41.6. The molecule has 18 nitrogen and oxygen atoms in total. The topological polar surface area (TPSA) is 224 Å². The highest BCUT2D eigenvalue weighted by Crippen LogP contribution is 2.23. The lowest BCUT2D eigenvalue weighted by atomic mass is 10.1. The van der Waals surface area contributed by atoms with Crippen molar-refractivity contribution < 1.29 is 28.8 Å². The van der Waals surface area contributed by atoms with Crippen LogP contribution in [0.4, 0.5) is 11.4 Å². The summed E-state index contributed by atoms with van der Waals surface area (Å²) in [7, 11) is 8.38. The first kappa shape index (κ1) is 59.7. The van der Waals surface area contributed by atoms with Gasteiger partial charge in [0.1, 0.15) is 24.2 Å². The van der Waals surface area contributed by atoms with Crippen LogP contribution >= 0.6 is 35.6 Å². The van der Waals surface area contributed by atoms with Crippen LogP contribution in [0.1, 0.15) is 45.2 Å². The van der Waals surface area contributed by atoms with Gasteiger partial charge in [0.2, 0.25) is 22.7 Å². The van der Waals surface area contributed by atoms with Crippen LogP contribution in [-0.4, -0.2) is 136 Å². The van der Waals surface area contributed by atoms with Crippen LogP contribution in [0.5, 0.6) is 0 Å². The Morgan fingerprint density at radius 1 is 0.575 bits per heavy atom. The number of nitrogens with one attached hydrogen (secondary N) is 5. The summed E-state index contributed by atoms with van der Waals surface area (Å²) >= 11 is 9.53. The second kappa shape index (κ2) is 27.3. The maximum Gasteiger partial charge on any atom is 0.261 e. The monoisotopic (exact) mass is 1060 g/mol. The minimum Gasteiger partial charge on any atom is -0.360 e. The third-order valence-corrected chi connectivity index (χ3v) is 10.9. The maximum absolute atomic E-state index is 12.9. The average molecular weight is 1060 g/mol. The Morgan fingerprint density at radius 2 is 0.973 bits per heavy atom. The number of likely N-dealkylation sites (N-methyl/N-ethyl adjacent to an activating group) is 4. The number of amides is 4. The van der Waals surface area contributed by atoms with Crippen molar-refractivity contribution in [3.8, 4) is 0 Å². The Kier molecular flexibility index (Phi) is 22.3. The van der Waals surface area contributed by atoms with Crippen LogP contribution in [0, 0.1) is 0 Å². The molecule has 8 aromatic rings. The molecule has 0 spiro atoms. The number of nitrogens with zero attached hydrogens (tertiary/aromatic N) is 5. The molecule has 4 heterocycles. The predicted octanol–water partition coefficient (Wildman–Crippen LogP) is 7.56. The molecule has 386 valence electrons. The van der Waals surface area contributed by atoms with E-state index in [9.17, 15) is 38.4 Å². The molecule has 0 bridgehead atoms. The summed E-state index contributed by atoms with van der Waals surface area (Å²) in [5.41, 5.74) is 2.60. The smallest absolute Gasteiger partial charge is 0.261 e. The Bertz CT molecular complexity index is 3380. The molecule has 4 aromatic carbocycles. The number of para-hydroxylation sites is 2. The van der Waals surface area contributed by atoms with Gasteiger partial charge in [-0.05, 0) is 81.8 Å². The molecule has 0 aliphatic rings.